The molecule has 0 bridgehead atoms. The lowest BCUT2D eigenvalue weighted by molar-refractivity contribution is -0.156. The number of hydrogen-bond acceptors (Lipinski definition) is 10. The largest absolute Gasteiger partial charge is 0.481 e. The molecule has 2 fully saturated rings. The number of thioether (sulfide) groups is 1. The van der Waals surface area contributed by atoms with Crippen molar-refractivity contribution in [2.45, 2.75) is 11.4 Å². The number of fused-ring (bicyclic) bond motifs is 1. The molecular weight excluding hydrogens is 466 g/mol. The van der Waals surface area contributed by atoms with Gasteiger partial charge in [0.15, 0.2) is 10.8 Å². The Balaban J connectivity index is 1.74. The molecule has 0 aromatic carbocycles. The molecule has 3 heterocycles. The molecule has 2 aliphatic heterocycles. The van der Waals surface area contributed by atoms with Gasteiger partial charge in [-0.25, -0.2) is 9.78 Å². The van der Waals surface area contributed by atoms with Gasteiger partial charge in [-0.1, -0.05) is 11.2 Å². The second-order valence-corrected chi connectivity index (χ2v) is 8.65. The molecule has 1 aromatic rings. The topological polar surface area (TPSA) is 188 Å². The summed E-state index contributed by atoms with van der Waals surface area (Å²) in [7, 11) is 0. The predicted octanol–water partition coefficient (Wildman–Crippen LogP) is -0.826. The van der Waals surface area contributed by atoms with E-state index in [4.69, 9.17) is 5.11 Å². The summed E-state index contributed by atoms with van der Waals surface area (Å²) in [5.74, 6) is -3.57. The highest BCUT2D eigenvalue weighted by Crippen LogP contribution is 2.42. The minimum Gasteiger partial charge on any atom is -0.481 e. The van der Waals surface area contributed by atoms with Crippen LogP contribution in [0.5, 0.6) is 0 Å². The molecule has 3 rings (SSSR count). The van der Waals surface area contributed by atoms with Gasteiger partial charge in [0.25, 0.3) is 5.91 Å². The quantitative estimate of drug-likeness (QED) is 0.108. The molecule has 3 atom stereocenters. The number of nitrogens with zero attached hydrogens (tertiary/aromatic N) is 3. The third-order valence-corrected chi connectivity index (χ3v) is 7.02. The van der Waals surface area contributed by atoms with Crippen molar-refractivity contribution < 1.29 is 39.0 Å². The molecule has 2 aliphatic rings. The number of aliphatic carboxylic acids is 2. The SMILES string of the molecule is C=CC1(C(=O)O)CS[C@@H]2C(NC(=O)C(=NOCC(=O)O)c3csc(NC=O)n3)C(=O)N2C1. The molecule has 15 heteroatoms. The van der Waals surface area contributed by atoms with Crippen molar-refractivity contribution in [1.29, 1.82) is 0 Å². The third-order valence-electron chi connectivity index (χ3n) is 4.70. The lowest BCUT2D eigenvalue weighted by atomic mass is 9.87. The number of carbonyl (C=O) groups excluding carboxylic acids is 3. The summed E-state index contributed by atoms with van der Waals surface area (Å²) >= 11 is 2.19. The van der Waals surface area contributed by atoms with Gasteiger partial charge in [-0.15, -0.1) is 29.7 Å². The molecule has 4 N–H and O–H groups in total. The van der Waals surface area contributed by atoms with Gasteiger partial charge in [-0.2, -0.15) is 0 Å². The minimum atomic E-state index is -1.32. The van der Waals surface area contributed by atoms with Crippen molar-refractivity contribution >= 4 is 64.1 Å². The number of anilines is 1. The van der Waals surface area contributed by atoms with Crippen molar-refractivity contribution in [1.82, 2.24) is 15.2 Å². The summed E-state index contributed by atoms with van der Waals surface area (Å²) in [4.78, 5) is 68.2. The minimum absolute atomic E-state index is 0.00119. The Labute approximate surface area is 188 Å². The van der Waals surface area contributed by atoms with Crippen LogP contribution in [0.2, 0.25) is 0 Å². The van der Waals surface area contributed by atoms with Gasteiger partial charge in [0.2, 0.25) is 18.9 Å². The van der Waals surface area contributed by atoms with Crippen LogP contribution in [0.3, 0.4) is 0 Å². The maximum Gasteiger partial charge on any atom is 0.344 e. The number of rotatable bonds is 10. The zero-order valence-corrected chi connectivity index (χ0v) is 17.9. The van der Waals surface area contributed by atoms with Crippen LogP contribution in [0.1, 0.15) is 5.69 Å². The van der Waals surface area contributed by atoms with Crippen LogP contribution in [0.25, 0.3) is 0 Å². The Bertz CT molecular complexity index is 1010. The Morgan fingerprint density at radius 1 is 1.44 bits per heavy atom. The average molecular weight is 483 g/mol. The van der Waals surface area contributed by atoms with E-state index in [0.29, 0.717) is 6.41 Å². The van der Waals surface area contributed by atoms with E-state index in [1.54, 1.807) is 0 Å². The Kier molecular flexibility index (Phi) is 6.78. The number of carboxylic acids is 2. The smallest absolute Gasteiger partial charge is 0.344 e. The van der Waals surface area contributed by atoms with Gasteiger partial charge in [-0.3, -0.25) is 19.2 Å². The summed E-state index contributed by atoms with van der Waals surface area (Å²) in [6.45, 7) is 2.68. The van der Waals surface area contributed by atoms with E-state index in [0.717, 1.165) is 11.3 Å². The summed E-state index contributed by atoms with van der Waals surface area (Å²) in [6.07, 6.45) is 1.69. The van der Waals surface area contributed by atoms with E-state index < -0.39 is 47.2 Å². The van der Waals surface area contributed by atoms with Crippen molar-refractivity contribution in [3.63, 3.8) is 0 Å². The maximum atomic E-state index is 12.8. The molecular formula is C17H17N5O8S2. The lowest BCUT2D eigenvalue weighted by Gasteiger charge is -2.53. The van der Waals surface area contributed by atoms with Crippen LogP contribution in [-0.2, 0) is 28.8 Å². The van der Waals surface area contributed by atoms with Gasteiger partial charge in [-0.05, 0) is 0 Å². The summed E-state index contributed by atoms with van der Waals surface area (Å²) in [5, 5.41) is 27.6. The molecule has 170 valence electrons. The summed E-state index contributed by atoms with van der Waals surface area (Å²) in [5.41, 5.74) is -1.66. The van der Waals surface area contributed by atoms with E-state index in [2.05, 4.69) is 32.2 Å². The standard InChI is InChI=1S/C17H17N5O8S2/c1-2-17(15(28)29)5-22-13(27)11(14(22)32-6-17)20-12(26)10(21-30-3-9(24)25)8-4-31-16(19-8)18-7-23/h2,4,7,11,14H,1,3,5-6H2,(H,20,26)(H,24,25)(H,28,29)(H,18,19,23)/t11?,14-,17?/m1/s1. The number of amides is 3. The van der Waals surface area contributed by atoms with Crippen LogP contribution in [-0.4, -0.2) is 86.3 Å². The monoisotopic (exact) mass is 483 g/mol. The molecule has 2 unspecified atom stereocenters. The summed E-state index contributed by atoms with van der Waals surface area (Å²) in [6, 6.07) is -0.944. The number of carbonyl (C=O) groups is 5. The molecule has 2 saturated heterocycles. The number of oxime groups is 1. The fraction of sp³-hybridized carbons (Fsp3) is 0.353. The van der Waals surface area contributed by atoms with Gasteiger partial charge >= 0.3 is 11.9 Å². The van der Waals surface area contributed by atoms with Gasteiger partial charge in [0, 0.05) is 17.7 Å². The third kappa shape index (κ3) is 4.43. The number of β-lactam (4-membered cyclic amide) rings is 1. The van der Waals surface area contributed by atoms with Crippen molar-refractivity contribution in [3.8, 4) is 0 Å². The van der Waals surface area contributed by atoms with Gasteiger partial charge < -0.3 is 30.6 Å². The van der Waals surface area contributed by atoms with Crippen LogP contribution in [0.15, 0.2) is 23.2 Å². The first-order valence-corrected chi connectivity index (χ1v) is 10.8. The number of aromatic nitrogens is 1. The molecule has 0 aliphatic carbocycles. The lowest BCUT2D eigenvalue weighted by Crippen LogP contribution is -2.73. The fourth-order valence-corrected chi connectivity index (χ4v) is 5.19. The van der Waals surface area contributed by atoms with Crippen molar-refractivity contribution in [2.24, 2.45) is 10.6 Å². The second kappa shape index (κ2) is 9.35. The van der Waals surface area contributed by atoms with Gasteiger partial charge in [0.1, 0.15) is 22.5 Å². The predicted molar refractivity (Wildman–Crippen MR) is 112 cm³/mol. The first kappa shape index (κ1) is 23.2. The fourth-order valence-electron chi connectivity index (χ4n) is 3.00. The van der Waals surface area contributed by atoms with Crippen LogP contribution in [0.4, 0.5) is 5.13 Å². The van der Waals surface area contributed by atoms with Crippen LogP contribution >= 0.6 is 23.1 Å². The highest BCUT2D eigenvalue weighted by atomic mass is 32.2. The Hall–Kier alpha value is -3.46. The molecule has 3 amide bonds. The average Bonchev–Trinajstić information content (AvgIpc) is 3.22. The van der Waals surface area contributed by atoms with E-state index in [1.807, 2.05) is 0 Å². The van der Waals surface area contributed by atoms with E-state index in [1.165, 1.54) is 28.1 Å². The number of thiazole rings is 1. The van der Waals surface area contributed by atoms with E-state index >= 15 is 0 Å². The van der Waals surface area contributed by atoms with Crippen molar-refractivity contribution in [3.05, 3.63) is 23.7 Å². The normalized spacial score (nSPS) is 24.6. The maximum absolute atomic E-state index is 12.8. The molecule has 13 nitrogen and oxygen atoms in total. The van der Waals surface area contributed by atoms with Gasteiger partial charge in [0.05, 0.1) is 0 Å². The van der Waals surface area contributed by atoms with Crippen molar-refractivity contribution in [2.75, 3.05) is 24.2 Å². The Morgan fingerprint density at radius 2 is 2.19 bits per heavy atom. The highest BCUT2D eigenvalue weighted by molar-refractivity contribution is 8.00. The van der Waals surface area contributed by atoms with E-state index in [-0.39, 0.29) is 28.8 Å². The molecule has 1 aromatic heterocycles. The highest BCUT2D eigenvalue weighted by Gasteiger charge is 2.56. The first-order chi connectivity index (χ1) is 15.2. The van der Waals surface area contributed by atoms with Crippen LogP contribution < -0.4 is 10.6 Å². The molecule has 32 heavy (non-hydrogen) atoms. The van der Waals surface area contributed by atoms with Crippen LogP contribution in [0, 0.1) is 5.41 Å². The van der Waals surface area contributed by atoms with E-state index in [9.17, 15) is 29.1 Å². The Morgan fingerprint density at radius 3 is 2.81 bits per heavy atom. The zero-order chi connectivity index (χ0) is 23.5. The zero-order valence-electron chi connectivity index (χ0n) is 16.2. The summed E-state index contributed by atoms with van der Waals surface area (Å²) < 4.78 is 0. The molecule has 0 radical (unpaired) electrons. The second-order valence-electron chi connectivity index (χ2n) is 6.69. The molecule has 0 saturated carbocycles. The number of carboxylic acid groups (broad SMARTS) is 2. The molecule has 0 spiro atoms. The number of hydrogen-bond donors (Lipinski definition) is 4. The first-order valence-electron chi connectivity index (χ1n) is 8.90. The number of nitrogens with one attached hydrogen (secondary N) is 2.